The van der Waals surface area contributed by atoms with Crippen molar-refractivity contribution in [2.45, 2.75) is 87.2 Å². The van der Waals surface area contributed by atoms with E-state index >= 15 is 0 Å². The molecule has 2 amide bonds. The molecule has 0 saturated carbocycles. The third-order valence-electron chi connectivity index (χ3n) is 17.5. The second-order valence-corrected chi connectivity index (χ2v) is 35.7. The van der Waals surface area contributed by atoms with Crippen molar-refractivity contribution in [1.29, 1.82) is 0 Å². The summed E-state index contributed by atoms with van der Waals surface area (Å²) in [6, 6.07) is 40.8. The maximum absolute atomic E-state index is 13.3. The standard InChI is InChI=1S/C22H22F3N5O4S.C13H12F3IN2O.C12H11F3IN3O.C12H10F3IN2O2.C10H8F3IN2.C10H12N2O3S.C4H7BrO2.Li.2H2O/c1-34-20-11-15(35(27,32)33)7-8-18(20)28-9-3-4-14-10-16-17(29-12-21(26)31)5-2-6-19(16)30(14)13-22(23,24)25;1-8(20)6-18-10-3-2-4-11-9(10)5-12(17)19(11)7-13(14,15)16;13-12(14,15)6-19-9-3-1-2-8(18-5-11(17)20)7(9)4-10(19)16;13-12(14,15)6-18-9-3-1-2-8(17-5-11(19)20)7(9)4-10(18)16;11-10(12,13)5-16-8-3-1-2-7(15)6(8)4-9(16)14;1-3-6-12-9-5-4-8(16(11,13)14)7-10(9)15-2;1-2-7-4(6)3-5;;;/h2,5-8,10-11,28-29H,9,12-13H2,1H3,(H2,26,31)(H2,27,32,33);2-5,18H,6-7H2,1H3;1-4,18H,5-6H2,(H2,17,20);1-4,17H,5-6H2,(H,19,20);1-4H,5,15H2;1,4-5,7,12H,6H2,2H3,(H2,11,13,14);2-3H2,1H3;;2*1H2/q;;;;;;;+1;;/p-1. The predicted molar refractivity (Wildman–Crippen MR) is 523 cm³/mol. The summed E-state index contributed by atoms with van der Waals surface area (Å²) in [6.45, 7) is -1.74. The number of ether oxygens (including phenoxy) is 3. The number of ketones is 1. The Balaban J connectivity index is 0.000000424. The van der Waals surface area contributed by atoms with E-state index in [0.717, 1.165) is 9.13 Å². The van der Waals surface area contributed by atoms with Gasteiger partial charge < -0.3 is 102 Å². The van der Waals surface area contributed by atoms with E-state index in [1.165, 1.54) is 77.3 Å². The zero-order valence-electron chi connectivity index (χ0n) is 72.1. The second-order valence-electron chi connectivity index (χ2n) is 27.5. The molecule has 7 aromatic carbocycles. The van der Waals surface area contributed by atoms with Gasteiger partial charge in [0, 0.05) is 67.5 Å². The zero-order valence-corrected chi connectivity index (χ0v) is 83.9. The molecule has 740 valence electrons. The van der Waals surface area contributed by atoms with Gasteiger partial charge in [0.25, 0.3) is 0 Å². The number of nitrogens with two attached hydrogens (primary N) is 5. The molecule has 0 bridgehead atoms. The molecule has 0 unspecified atom stereocenters. The van der Waals surface area contributed by atoms with Crippen LogP contribution in [0.25, 0.3) is 54.5 Å². The number of carbonyl (C=O) groups is 5. The predicted octanol–water partition coefficient (Wildman–Crippen LogP) is 12.8. The number of aliphatic carboxylic acids is 1. The normalized spacial score (nSPS) is 11.2. The number of primary sulfonamides is 2. The van der Waals surface area contributed by atoms with Gasteiger partial charge in [-0.3, -0.25) is 24.0 Å². The number of carbonyl (C=O) groups excluding carboxylic acids is 4. The number of rotatable bonds is 27. The molecule has 0 saturated heterocycles. The molecule has 137 heavy (non-hydrogen) atoms. The molecule has 0 fully saturated rings. The third kappa shape index (κ3) is 38.8. The average Bonchev–Trinajstić information content (AvgIpc) is 1.63. The number of fused-ring (bicyclic) bond motifs is 5. The minimum absolute atomic E-state index is 0. The van der Waals surface area contributed by atoms with Crippen molar-refractivity contribution in [2.24, 2.45) is 21.7 Å². The Labute approximate surface area is 847 Å². The number of esters is 1. The molecule has 0 radical (unpaired) electrons. The van der Waals surface area contributed by atoms with Crippen LogP contribution < -0.4 is 87.7 Å². The number of terminal acetylenes is 1. The largest absolute Gasteiger partial charge is 1.00 e. The number of sulfonamides is 2. The molecule has 12 aromatic rings. The van der Waals surface area contributed by atoms with Crippen LogP contribution in [0.1, 0.15) is 19.5 Å². The van der Waals surface area contributed by atoms with Crippen LogP contribution in [-0.4, -0.2) is 182 Å². The number of Topliss-reactive ketones (excluding diaryl/α,β-unsaturated/α-hetero) is 1. The third-order valence-corrected chi connectivity index (χ3v) is 23.3. The number of halogens is 20. The fourth-order valence-corrected chi connectivity index (χ4v) is 16.3. The number of nitrogen functional groups attached to an aromatic ring is 1. The number of primary amides is 2. The van der Waals surface area contributed by atoms with E-state index in [2.05, 4.69) is 70.3 Å². The molecule has 54 heteroatoms. The Hall–Kier alpha value is -10.2. The number of alkyl halides is 16. The summed E-state index contributed by atoms with van der Waals surface area (Å²) in [5.41, 5.74) is 21.9. The second kappa shape index (κ2) is 53.8. The molecule has 20 N–H and O–H groups in total. The minimum atomic E-state index is -4.49. The van der Waals surface area contributed by atoms with Crippen molar-refractivity contribution in [2.75, 3.05) is 103 Å². The van der Waals surface area contributed by atoms with Crippen molar-refractivity contribution in [3.05, 3.63) is 178 Å². The average molecular weight is 2490 g/mol. The van der Waals surface area contributed by atoms with Gasteiger partial charge in [-0.25, -0.2) is 27.1 Å². The molecule has 5 aromatic heterocycles. The number of hydrogen-bond acceptors (Lipinski definition) is 20. The smallest absolute Gasteiger partial charge is 0.870 e. The maximum atomic E-state index is 13.3. The van der Waals surface area contributed by atoms with Gasteiger partial charge in [0.15, 0.2) is 0 Å². The van der Waals surface area contributed by atoms with Crippen LogP contribution in [0.2, 0.25) is 0 Å². The van der Waals surface area contributed by atoms with Crippen LogP contribution >= 0.6 is 106 Å². The van der Waals surface area contributed by atoms with Crippen LogP contribution in [0.5, 0.6) is 11.5 Å². The summed E-state index contributed by atoms with van der Waals surface area (Å²) >= 11 is 10.4. The van der Waals surface area contributed by atoms with Crippen LogP contribution in [0.4, 0.5) is 106 Å². The van der Waals surface area contributed by atoms with E-state index in [9.17, 15) is 107 Å². The zero-order chi connectivity index (χ0) is 100. The van der Waals surface area contributed by atoms with Crippen LogP contribution in [0.15, 0.2) is 168 Å². The van der Waals surface area contributed by atoms with Gasteiger partial charge in [0.1, 0.15) is 61.9 Å². The molecule has 0 aliphatic carbocycles. The van der Waals surface area contributed by atoms with E-state index in [4.69, 9.17) is 48.5 Å². The number of benzene rings is 7. The fraction of sp³-hybridized carbons (Fsp3) is 0.265. The van der Waals surface area contributed by atoms with Crippen molar-refractivity contribution < 1.29 is 156 Å². The number of anilines is 7. The molecule has 12 rings (SSSR count). The first-order valence-electron chi connectivity index (χ1n) is 38.0. The van der Waals surface area contributed by atoms with Crippen LogP contribution in [-0.2, 0) is 81.5 Å². The van der Waals surface area contributed by atoms with Gasteiger partial charge in [-0.1, -0.05) is 58.1 Å². The number of hydrogen-bond donors (Lipinski definition) is 12. The summed E-state index contributed by atoms with van der Waals surface area (Å²) in [5, 5.41) is 39.1. The molecule has 0 atom stereocenters. The number of carboxylic acid groups (broad SMARTS) is 1. The summed E-state index contributed by atoms with van der Waals surface area (Å²) < 4.78 is 258. The number of carboxylic acids is 1. The van der Waals surface area contributed by atoms with E-state index in [1.807, 2.05) is 90.4 Å². The Morgan fingerprint density at radius 3 is 1.07 bits per heavy atom. The first kappa shape index (κ1) is 121. The topological polar surface area (TPSA) is 490 Å². The van der Waals surface area contributed by atoms with Gasteiger partial charge in [-0.2, -0.15) is 65.9 Å². The number of nitrogens with one attached hydrogen (secondary N) is 6. The van der Waals surface area contributed by atoms with E-state index < -0.39 is 101 Å². The Bertz CT molecular complexity index is 6270. The van der Waals surface area contributed by atoms with Gasteiger partial charge in [0.2, 0.25) is 31.9 Å². The summed E-state index contributed by atoms with van der Waals surface area (Å²) in [4.78, 5) is 53.4. The quantitative estimate of drug-likeness (QED) is 0.00433. The van der Waals surface area contributed by atoms with E-state index in [-0.39, 0.29) is 101 Å². The summed E-state index contributed by atoms with van der Waals surface area (Å²) in [7, 11) is -4.86. The fourth-order valence-electron chi connectivity index (χ4n) is 12.1. The first-order chi connectivity index (χ1) is 62.4. The molecular formula is C83H85BrF15I4LiN16O15S2. The Morgan fingerprint density at radius 1 is 0.460 bits per heavy atom. The molecule has 31 nitrogen and oxygen atoms in total. The first-order valence-corrected chi connectivity index (χ1v) is 46.5. The molecule has 0 aliphatic heterocycles. The van der Waals surface area contributed by atoms with E-state index in [1.54, 1.807) is 122 Å². The van der Waals surface area contributed by atoms with Gasteiger partial charge in [0.05, 0.1) is 123 Å². The monoisotopic (exact) mass is 2490 g/mol. The summed E-state index contributed by atoms with van der Waals surface area (Å²) in [6.07, 6.45) is -16.5. The molecule has 0 spiro atoms. The number of nitrogens with zero attached hydrogens (tertiary/aromatic N) is 5. The van der Waals surface area contributed by atoms with Crippen molar-refractivity contribution >= 4 is 250 Å². The molecule has 5 heterocycles. The van der Waals surface area contributed by atoms with Gasteiger partial charge >= 0.3 is 61.7 Å². The van der Waals surface area contributed by atoms with Crippen LogP contribution in [0.3, 0.4) is 0 Å². The molecule has 0 aliphatic rings. The van der Waals surface area contributed by atoms with Gasteiger partial charge in [-0.05, 0) is 225 Å². The Morgan fingerprint density at radius 2 is 0.766 bits per heavy atom. The van der Waals surface area contributed by atoms with Crippen molar-refractivity contribution in [1.82, 2.24) is 22.8 Å². The minimum Gasteiger partial charge on any atom is -0.870 e. The van der Waals surface area contributed by atoms with Crippen molar-refractivity contribution in [3.8, 4) is 35.7 Å². The SMILES string of the molecule is C#CCNc1ccc(S(N)(=O)=O)cc1OC.CC(=O)CNc1cccc2c1cc(I)n2CC(F)(F)F.CCOC(=O)CBr.COc1cc(S(N)(=O)=O)ccc1NCC#Cc1cc2c(NCC(N)=O)cccc2n1CC(F)(F)F.NC(=O)CNc1cccc2c1cc(I)n2CC(F)(F)F.Nc1cccc2c1cc(I)n2CC(F)(F)F.O.O=C(O)CNc1cccc2c1cc(I)n2CC(F)(F)F.[Li+].[OH-]. The van der Waals surface area contributed by atoms with Crippen LogP contribution in [0, 0.1) is 39.0 Å². The summed E-state index contributed by atoms with van der Waals surface area (Å²) in [5.74, 6) is 6.05. The number of aromatic nitrogens is 5. The van der Waals surface area contributed by atoms with Gasteiger partial charge in [-0.15, -0.1) is 6.42 Å². The maximum Gasteiger partial charge on any atom is 1.00 e. The number of amides is 2. The van der Waals surface area contributed by atoms with Crippen molar-refractivity contribution in [3.63, 3.8) is 0 Å². The Kier molecular flexibility index (Phi) is 47.5. The molecular weight excluding hydrogens is 2400 g/mol. The number of methoxy groups -OCH3 is 2. The van der Waals surface area contributed by atoms with E-state index in [0.29, 0.717) is 128 Å².